The van der Waals surface area contributed by atoms with Crippen molar-refractivity contribution in [1.82, 2.24) is 25.4 Å². The highest BCUT2D eigenvalue weighted by Crippen LogP contribution is 2.18. The highest BCUT2D eigenvalue weighted by atomic mass is 127. The molecule has 1 aromatic rings. The number of rotatable bonds is 4. The summed E-state index contributed by atoms with van der Waals surface area (Å²) in [6.07, 6.45) is 2.49. The number of hydrogen-bond donors (Lipinski definition) is 2. The minimum atomic E-state index is 0. The fraction of sp³-hybridized carbons (Fsp3) is 0.727. The van der Waals surface area contributed by atoms with Crippen molar-refractivity contribution < 1.29 is 0 Å². The van der Waals surface area contributed by atoms with Crippen LogP contribution in [0.1, 0.15) is 31.4 Å². The van der Waals surface area contributed by atoms with Crippen LogP contribution in [0, 0.1) is 6.92 Å². The monoisotopic (exact) mass is 364 g/mol. The Kier molecular flexibility index (Phi) is 5.83. The number of nitrogens with zero attached hydrogens (tertiary/aromatic N) is 4. The van der Waals surface area contributed by atoms with E-state index in [2.05, 4.69) is 32.7 Å². The van der Waals surface area contributed by atoms with Gasteiger partial charge >= 0.3 is 0 Å². The summed E-state index contributed by atoms with van der Waals surface area (Å²) in [4.78, 5) is 4.51. The van der Waals surface area contributed by atoms with Crippen LogP contribution in [-0.4, -0.2) is 33.3 Å². The lowest BCUT2D eigenvalue weighted by Crippen LogP contribution is -2.38. The second-order valence-electron chi connectivity index (χ2n) is 4.34. The molecule has 7 heteroatoms. The molecule has 1 aliphatic rings. The average molecular weight is 364 g/mol. The first-order chi connectivity index (χ1) is 8.20. The molecule has 0 saturated heterocycles. The number of aromatic nitrogens is 3. The van der Waals surface area contributed by atoms with E-state index in [0.29, 0.717) is 12.6 Å². The molecule has 0 unspecified atom stereocenters. The van der Waals surface area contributed by atoms with Crippen molar-refractivity contribution >= 4 is 29.9 Å². The lowest BCUT2D eigenvalue weighted by Gasteiger charge is -2.09. The first-order valence-electron chi connectivity index (χ1n) is 6.10. The van der Waals surface area contributed by atoms with Crippen LogP contribution in [0.15, 0.2) is 4.99 Å². The number of hydrogen-bond acceptors (Lipinski definition) is 3. The first-order valence-corrected chi connectivity index (χ1v) is 6.10. The van der Waals surface area contributed by atoms with Gasteiger partial charge in [-0.15, -0.1) is 34.2 Å². The second kappa shape index (κ2) is 6.91. The molecular formula is C11H21IN6. The lowest BCUT2D eigenvalue weighted by molar-refractivity contribution is 0.755. The maximum atomic E-state index is 4.51. The molecule has 18 heavy (non-hydrogen) atoms. The molecule has 6 nitrogen and oxygen atoms in total. The molecule has 102 valence electrons. The van der Waals surface area contributed by atoms with E-state index in [4.69, 9.17) is 0 Å². The standard InChI is InChI=1S/C11H20N6.HI/c1-4-12-11(14-9-5-6-9)13-7-10-16-15-8(2)17(10)3;/h9H,4-7H2,1-3H3,(H2,12,13,14);1H. The third kappa shape index (κ3) is 4.11. The second-order valence-corrected chi connectivity index (χ2v) is 4.34. The van der Waals surface area contributed by atoms with Gasteiger partial charge < -0.3 is 15.2 Å². The number of aliphatic imine (C=N–C) groups is 1. The van der Waals surface area contributed by atoms with E-state index in [1.165, 1.54) is 12.8 Å². The molecule has 0 amide bonds. The van der Waals surface area contributed by atoms with Crippen molar-refractivity contribution in [2.24, 2.45) is 12.0 Å². The molecule has 0 spiro atoms. The number of guanidine groups is 1. The molecule has 2 N–H and O–H groups in total. The van der Waals surface area contributed by atoms with Gasteiger partial charge in [0.25, 0.3) is 0 Å². The Labute approximate surface area is 125 Å². The largest absolute Gasteiger partial charge is 0.357 e. The summed E-state index contributed by atoms with van der Waals surface area (Å²) < 4.78 is 1.96. The third-order valence-electron chi connectivity index (χ3n) is 2.82. The predicted octanol–water partition coefficient (Wildman–Crippen LogP) is 0.959. The molecule has 2 rings (SSSR count). The van der Waals surface area contributed by atoms with Gasteiger partial charge in [0.1, 0.15) is 12.4 Å². The van der Waals surface area contributed by atoms with Gasteiger partial charge in [-0.3, -0.25) is 0 Å². The average Bonchev–Trinajstić information content (AvgIpc) is 3.06. The molecule has 0 radical (unpaired) electrons. The molecule has 0 bridgehead atoms. The quantitative estimate of drug-likeness (QED) is 0.475. The van der Waals surface area contributed by atoms with E-state index in [9.17, 15) is 0 Å². The summed E-state index contributed by atoms with van der Waals surface area (Å²) in [5.41, 5.74) is 0. The van der Waals surface area contributed by atoms with Crippen LogP contribution in [0.3, 0.4) is 0 Å². The zero-order valence-corrected chi connectivity index (χ0v) is 13.4. The van der Waals surface area contributed by atoms with Crippen LogP contribution in [0.4, 0.5) is 0 Å². The molecule has 0 aromatic carbocycles. The maximum Gasteiger partial charge on any atom is 0.191 e. The Morgan fingerprint density at radius 2 is 2.17 bits per heavy atom. The van der Waals surface area contributed by atoms with Gasteiger partial charge in [0.05, 0.1) is 0 Å². The number of nitrogens with one attached hydrogen (secondary N) is 2. The molecule has 1 aliphatic carbocycles. The molecule has 0 aliphatic heterocycles. The molecule has 0 atom stereocenters. The molecule has 1 aromatic heterocycles. The first kappa shape index (κ1) is 15.2. The van der Waals surface area contributed by atoms with E-state index in [1.54, 1.807) is 0 Å². The van der Waals surface area contributed by atoms with Crippen molar-refractivity contribution in [3.05, 3.63) is 11.6 Å². The van der Waals surface area contributed by atoms with Gasteiger partial charge in [-0.05, 0) is 26.7 Å². The normalized spacial score (nSPS) is 15.2. The van der Waals surface area contributed by atoms with Crippen molar-refractivity contribution in [3.8, 4) is 0 Å². The zero-order chi connectivity index (χ0) is 12.3. The molecule has 1 heterocycles. The topological polar surface area (TPSA) is 67.1 Å². The number of aryl methyl sites for hydroxylation is 1. The van der Waals surface area contributed by atoms with Gasteiger partial charge in [-0.1, -0.05) is 0 Å². The Bertz CT molecular complexity index is 410. The van der Waals surface area contributed by atoms with Crippen LogP contribution >= 0.6 is 24.0 Å². The summed E-state index contributed by atoms with van der Waals surface area (Å²) in [5.74, 6) is 2.67. The van der Waals surface area contributed by atoms with E-state index < -0.39 is 0 Å². The van der Waals surface area contributed by atoms with E-state index in [1.807, 2.05) is 18.5 Å². The van der Waals surface area contributed by atoms with Crippen molar-refractivity contribution in [1.29, 1.82) is 0 Å². The van der Waals surface area contributed by atoms with Gasteiger partial charge in [-0.25, -0.2) is 4.99 Å². The Morgan fingerprint density at radius 3 is 2.67 bits per heavy atom. The highest BCUT2D eigenvalue weighted by molar-refractivity contribution is 14.0. The van der Waals surface area contributed by atoms with Crippen molar-refractivity contribution in [3.63, 3.8) is 0 Å². The Balaban J connectivity index is 0.00000162. The Hall–Kier alpha value is -0.860. The Morgan fingerprint density at radius 1 is 1.44 bits per heavy atom. The van der Waals surface area contributed by atoms with Gasteiger partial charge in [0.2, 0.25) is 0 Å². The number of halogens is 1. The third-order valence-corrected chi connectivity index (χ3v) is 2.82. The van der Waals surface area contributed by atoms with Crippen LogP contribution in [0.5, 0.6) is 0 Å². The van der Waals surface area contributed by atoms with Crippen LogP contribution in [0.2, 0.25) is 0 Å². The fourth-order valence-electron chi connectivity index (χ4n) is 1.48. The van der Waals surface area contributed by atoms with Crippen molar-refractivity contribution in [2.75, 3.05) is 6.54 Å². The molecular weight excluding hydrogens is 343 g/mol. The van der Waals surface area contributed by atoms with E-state index >= 15 is 0 Å². The molecule has 1 saturated carbocycles. The minimum Gasteiger partial charge on any atom is -0.357 e. The summed E-state index contributed by atoms with van der Waals surface area (Å²) >= 11 is 0. The van der Waals surface area contributed by atoms with E-state index in [0.717, 1.165) is 24.2 Å². The fourth-order valence-corrected chi connectivity index (χ4v) is 1.48. The zero-order valence-electron chi connectivity index (χ0n) is 11.1. The van der Waals surface area contributed by atoms with Crippen molar-refractivity contribution in [2.45, 2.75) is 39.3 Å². The summed E-state index contributed by atoms with van der Waals surface area (Å²) in [7, 11) is 1.96. The lowest BCUT2D eigenvalue weighted by atomic mass is 10.5. The van der Waals surface area contributed by atoms with Crippen LogP contribution < -0.4 is 10.6 Å². The smallest absolute Gasteiger partial charge is 0.191 e. The van der Waals surface area contributed by atoms with Crippen LogP contribution in [-0.2, 0) is 13.6 Å². The summed E-state index contributed by atoms with van der Waals surface area (Å²) in [6.45, 7) is 5.43. The SMILES string of the molecule is CCNC(=NCc1nnc(C)n1C)NC1CC1.I. The maximum absolute atomic E-state index is 4.51. The van der Waals surface area contributed by atoms with Gasteiger partial charge in [-0.2, -0.15) is 0 Å². The van der Waals surface area contributed by atoms with Gasteiger partial charge in [0, 0.05) is 19.6 Å². The summed E-state index contributed by atoms with van der Waals surface area (Å²) in [6, 6.07) is 0.606. The summed E-state index contributed by atoms with van der Waals surface area (Å²) in [5, 5.41) is 14.7. The van der Waals surface area contributed by atoms with E-state index in [-0.39, 0.29) is 24.0 Å². The predicted molar refractivity (Wildman–Crippen MR) is 82.1 cm³/mol. The minimum absolute atomic E-state index is 0. The molecule has 1 fully saturated rings. The van der Waals surface area contributed by atoms with Gasteiger partial charge in [0.15, 0.2) is 11.8 Å². The van der Waals surface area contributed by atoms with Crippen LogP contribution in [0.25, 0.3) is 0 Å². The highest BCUT2D eigenvalue weighted by Gasteiger charge is 2.22.